The van der Waals surface area contributed by atoms with E-state index < -0.39 is 17.8 Å². The van der Waals surface area contributed by atoms with Gasteiger partial charge in [0.2, 0.25) is 0 Å². The van der Waals surface area contributed by atoms with Crippen molar-refractivity contribution >= 4 is 0 Å². The summed E-state index contributed by atoms with van der Waals surface area (Å²) in [6.07, 6.45) is 12.1. The van der Waals surface area contributed by atoms with Gasteiger partial charge >= 0.3 is 0 Å². The van der Waals surface area contributed by atoms with Crippen molar-refractivity contribution in [3.05, 3.63) is 23.8 Å². The lowest BCUT2D eigenvalue weighted by Gasteiger charge is -2.62. The van der Waals surface area contributed by atoms with E-state index >= 15 is 0 Å². The first-order valence-electron chi connectivity index (χ1n) is 12.9. The molecule has 0 radical (unpaired) electrons. The summed E-state index contributed by atoms with van der Waals surface area (Å²) in [6, 6.07) is 0. The Morgan fingerprint density at radius 3 is 2.32 bits per heavy atom. The molecule has 0 aromatic carbocycles. The zero-order valence-electron chi connectivity index (χ0n) is 20.6. The second-order valence-corrected chi connectivity index (χ2v) is 12.5. The van der Waals surface area contributed by atoms with Crippen LogP contribution in [0.25, 0.3) is 0 Å². The molecule has 3 fully saturated rings. The van der Waals surface area contributed by atoms with E-state index in [1.807, 2.05) is 6.08 Å². The lowest BCUT2D eigenvalue weighted by molar-refractivity contribution is -0.210. The van der Waals surface area contributed by atoms with E-state index in [2.05, 4.69) is 53.7 Å². The topological polar surface area (TPSA) is 60.7 Å². The molecule has 4 rings (SSSR count). The molecule has 0 heterocycles. The molecule has 0 aromatic heterocycles. The molecule has 10 atom stereocenters. The third kappa shape index (κ3) is 3.49. The van der Waals surface area contributed by atoms with E-state index in [-0.39, 0.29) is 10.8 Å². The van der Waals surface area contributed by atoms with Crippen LogP contribution in [0.3, 0.4) is 0 Å². The zero-order chi connectivity index (χ0) is 22.8. The molecule has 0 amide bonds. The molecule has 0 spiro atoms. The van der Waals surface area contributed by atoms with Gasteiger partial charge in [0.05, 0.1) is 6.10 Å². The first-order chi connectivity index (χ1) is 14.4. The highest BCUT2D eigenvalue weighted by Gasteiger charge is 2.64. The maximum absolute atomic E-state index is 11.6. The minimum absolute atomic E-state index is 0.271. The van der Waals surface area contributed by atoms with Crippen LogP contribution in [0.5, 0.6) is 0 Å². The Labute approximate surface area is 190 Å². The number of hydrogen-bond donors (Lipinski definition) is 3. The monoisotopic (exact) mass is 430 g/mol. The summed E-state index contributed by atoms with van der Waals surface area (Å²) >= 11 is 0. The third-order valence-electron chi connectivity index (χ3n) is 10.7. The average molecular weight is 431 g/mol. The molecule has 0 unspecified atom stereocenters. The molecule has 0 bridgehead atoms. The van der Waals surface area contributed by atoms with Crippen molar-refractivity contribution in [3.63, 3.8) is 0 Å². The molecule has 0 saturated heterocycles. The van der Waals surface area contributed by atoms with Crippen LogP contribution in [0, 0.1) is 46.3 Å². The predicted octanol–water partition coefficient (Wildman–Crippen LogP) is 5.50. The summed E-state index contributed by atoms with van der Waals surface area (Å²) in [4.78, 5) is 0. The first-order valence-corrected chi connectivity index (χ1v) is 12.9. The number of allylic oxidation sites excluding steroid dienone is 3. The Morgan fingerprint density at radius 2 is 1.65 bits per heavy atom. The highest BCUT2D eigenvalue weighted by Crippen LogP contribution is 2.67. The standard InChI is InChI=1S/C28H46O3/c1-17(2)18(3)7-8-19(4)22-9-10-23-21-15-25(30)28(31)16-20(29)11-14-27(28,6)24(21)12-13-26(22,23)5/h7-8,15,17-20,22-25,29-31H,9-14,16H2,1-6H3/b8-7+/t18-,19+,20-,22+,23-,24-,25+,26+,27+,28-/m1/s1. The summed E-state index contributed by atoms with van der Waals surface area (Å²) in [7, 11) is 0. The second kappa shape index (κ2) is 7.99. The number of hydrogen-bond acceptors (Lipinski definition) is 3. The number of fused-ring (bicyclic) bond motifs is 5. The molecule has 3 N–H and O–H groups in total. The highest BCUT2D eigenvalue weighted by molar-refractivity contribution is 5.33. The number of aliphatic hydroxyl groups is 3. The van der Waals surface area contributed by atoms with Gasteiger partial charge in [-0.1, -0.05) is 65.3 Å². The summed E-state index contributed by atoms with van der Waals surface area (Å²) in [6.45, 7) is 14.0. The van der Waals surface area contributed by atoms with Crippen LogP contribution in [-0.2, 0) is 0 Å². The fourth-order valence-electron chi connectivity index (χ4n) is 8.16. The minimum Gasteiger partial charge on any atom is -0.393 e. The minimum atomic E-state index is -1.20. The van der Waals surface area contributed by atoms with Crippen LogP contribution in [0.15, 0.2) is 23.8 Å². The Balaban J connectivity index is 1.61. The van der Waals surface area contributed by atoms with Crippen LogP contribution in [0.2, 0.25) is 0 Å². The number of rotatable bonds is 4. The molecule has 31 heavy (non-hydrogen) atoms. The van der Waals surface area contributed by atoms with Gasteiger partial charge in [-0.05, 0) is 79.4 Å². The van der Waals surface area contributed by atoms with Crippen LogP contribution >= 0.6 is 0 Å². The van der Waals surface area contributed by atoms with Crippen molar-refractivity contribution in [2.75, 3.05) is 0 Å². The van der Waals surface area contributed by atoms with E-state index in [9.17, 15) is 15.3 Å². The van der Waals surface area contributed by atoms with Crippen molar-refractivity contribution in [1.82, 2.24) is 0 Å². The highest BCUT2D eigenvalue weighted by atomic mass is 16.3. The summed E-state index contributed by atoms with van der Waals surface area (Å²) in [5.41, 5.74) is 0.160. The van der Waals surface area contributed by atoms with Crippen molar-refractivity contribution < 1.29 is 15.3 Å². The Hall–Kier alpha value is -0.640. The molecule has 3 nitrogen and oxygen atoms in total. The molecule has 3 heteroatoms. The van der Waals surface area contributed by atoms with E-state index in [1.54, 1.807) is 0 Å². The largest absolute Gasteiger partial charge is 0.393 e. The lowest BCUT2D eigenvalue weighted by atomic mass is 9.45. The smallest absolute Gasteiger partial charge is 0.102 e. The predicted molar refractivity (Wildman–Crippen MR) is 126 cm³/mol. The summed E-state index contributed by atoms with van der Waals surface area (Å²) < 4.78 is 0. The van der Waals surface area contributed by atoms with Crippen molar-refractivity contribution in [1.29, 1.82) is 0 Å². The Kier molecular flexibility index (Phi) is 6.06. The van der Waals surface area contributed by atoms with E-state index in [4.69, 9.17) is 0 Å². The SMILES string of the molecule is CC(C)[C@H](C)/C=C/[C@H](C)[C@@H]1CC[C@@H]2C3=C[C@H](O)[C@]4(O)C[C@H](O)CC[C@@]4(C)[C@@H]3CC[C@]21C. The maximum atomic E-state index is 11.6. The van der Waals surface area contributed by atoms with Gasteiger partial charge in [0.25, 0.3) is 0 Å². The number of aliphatic hydroxyl groups excluding tert-OH is 2. The van der Waals surface area contributed by atoms with Crippen LogP contribution < -0.4 is 0 Å². The van der Waals surface area contributed by atoms with Gasteiger partial charge in [-0.2, -0.15) is 0 Å². The molecular weight excluding hydrogens is 384 g/mol. The first kappa shape index (κ1) is 23.5. The van der Waals surface area contributed by atoms with Crippen LogP contribution in [-0.4, -0.2) is 33.1 Å². The van der Waals surface area contributed by atoms with Gasteiger partial charge in [0.1, 0.15) is 11.7 Å². The average Bonchev–Trinajstić information content (AvgIpc) is 3.05. The molecule has 176 valence electrons. The molecule has 0 aromatic rings. The summed E-state index contributed by atoms with van der Waals surface area (Å²) in [5, 5.41) is 32.9. The molecular formula is C28H46O3. The third-order valence-corrected chi connectivity index (χ3v) is 10.7. The van der Waals surface area contributed by atoms with Crippen molar-refractivity contribution in [2.24, 2.45) is 46.3 Å². The van der Waals surface area contributed by atoms with Gasteiger partial charge in [-0.15, -0.1) is 0 Å². The Morgan fingerprint density at radius 1 is 0.935 bits per heavy atom. The van der Waals surface area contributed by atoms with Crippen LogP contribution in [0.1, 0.15) is 86.5 Å². The quantitative estimate of drug-likeness (QED) is 0.516. The fourth-order valence-corrected chi connectivity index (χ4v) is 8.16. The molecule has 0 aliphatic heterocycles. The van der Waals surface area contributed by atoms with Gasteiger partial charge in [-0.3, -0.25) is 0 Å². The zero-order valence-corrected chi connectivity index (χ0v) is 20.6. The lowest BCUT2D eigenvalue weighted by Crippen LogP contribution is -2.65. The second-order valence-electron chi connectivity index (χ2n) is 12.5. The van der Waals surface area contributed by atoms with Gasteiger partial charge < -0.3 is 15.3 Å². The maximum Gasteiger partial charge on any atom is 0.102 e. The van der Waals surface area contributed by atoms with E-state index in [0.29, 0.717) is 41.9 Å². The van der Waals surface area contributed by atoms with Gasteiger partial charge in [-0.25, -0.2) is 0 Å². The van der Waals surface area contributed by atoms with Crippen molar-refractivity contribution in [3.8, 4) is 0 Å². The van der Waals surface area contributed by atoms with Gasteiger partial charge in [0, 0.05) is 11.8 Å². The van der Waals surface area contributed by atoms with Crippen molar-refractivity contribution in [2.45, 2.75) is 104 Å². The van der Waals surface area contributed by atoms with E-state index in [1.165, 1.54) is 24.8 Å². The molecule has 4 aliphatic rings. The van der Waals surface area contributed by atoms with E-state index in [0.717, 1.165) is 19.3 Å². The normalized spacial score (nSPS) is 49.4. The van der Waals surface area contributed by atoms with Gasteiger partial charge in [0.15, 0.2) is 0 Å². The molecule has 4 aliphatic carbocycles. The fraction of sp³-hybridized carbons (Fsp3) is 0.857. The molecule has 3 saturated carbocycles. The summed E-state index contributed by atoms with van der Waals surface area (Å²) in [5.74, 6) is 3.37. The Bertz CT molecular complexity index is 741. The van der Waals surface area contributed by atoms with Crippen LogP contribution in [0.4, 0.5) is 0 Å².